The maximum absolute atomic E-state index is 8.85. The number of para-hydroxylation sites is 1. The molecule has 16 heavy (non-hydrogen) atoms. The molecule has 0 amide bonds. The minimum Gasteiger partial charge on any atom is -0.486 e. The molecule has 0 bridgehead atoms. The quantitative estimate of drug-likeness (QED) is 0.868. The minimum atomic E-state index is 0.223. The van der Waals surface area contributed by atoms with E-state index in [1.54, 1.807) is 24.3 Å². The summed E-state index contributed by atoms with van der Waals surface area (Å²) < 4.78 is 9.15. The van der Waals surface area contributed by atoms with Gasteiger partial charge in [0.15, 0.2) is 0 Å². The standard InChI is InChI=1S/C10H8N4OS/c11-5-7-3-1-2-4-9(7)15-6-8-10(12)16-14-13-8/h1-4H,6,12H2. The fraction of sp³-hybridized carbons (Fsp3) is 0.100. The molecule has 2 N–H and O–H groups in total. The number of anilines is 1. The molecule has 0 aliphatic heterocycles. The van der Waals surface area contributed by atoms with Crippen molar-refractivity contribution in [2.75, 3.05) is 5.73 Å². The third kappa shape index (κ3) is 2.10. The van der Waals surface area contributed by atoms with E-state index in [0.717, 1.165) is 11.5 Å². The van der Waals surface area contributed by atoms with Gasteiger partial charge < -0.3 is 10.5 Å². The van der Waals surface area contributed by atoms with Crippen molar-refractivity contribution in [2.24, 2.45) is 0 Å². The first kappa shape index (κ1) is 10.4. The monoisotopic (exact) mass is 232 g/mol. The molecule has 80 valence electrons. The van der Waals surface area contributed by atoms with Crippen molar-refractivity contribution in [3.63, 3.8) is 0 Å². The van der Waals surface area contributed by atoms with Crippen molar-refractivity contribution < 1.29 is 4.74 Å². The van der Waals surface area contributed by atoms with E-state index in [1.165, 1.54) is 0 Å². The van der Waals surface area contributed by atoms with E-state index in [1.807, 2.05) is 0 Å². The normalized spacial score (nSPS) is 9.69. The molecular weight excluding hydrogens is 224 g/mol. The SMILES string of the molecule is N#Cc1ccccc1OCc1nnsc1N. The smallest absolute Gasteiger partial charge is 0.137 e. The van der Waals surface area contributed by atoms with Crippen LogP contribution in [0.4, 0.5) is 5.00 Å². The molecule has 0 radical (unpaired) electrons. The van der Waals surface area contributed by atoms with Crippen molar-refractivity contribution in [3.05, 3.63) is 35.5 Å². The zero-order valence-corrected chi connectivity index (χ0v) is 9.07. The number of nitrogens with two attached hydrogens (primary N) is 1. The van der Waals surface area contributed by atoms with Gasteiger partial charge in [-0.3, -0.25) is 0 Å². The van der Waals surface area contributed by atoms with E-state index in [-0.39, 0.29) is 6.61 Å². The molecule has 1 aromatic heterocycles. The second kappa shape index (κ2) is 4.59. The lowest BCUT2D eigenvalue weighted by atomic mass is 10.2. The van der Waals surface area contributed by atoms with Crippen molar-refractivity contribution in [2.45, 2.75) is 6.61 Å². The number of hydrogen-bond donors (Lipinski definition) is 1. The summed E-state index contributed by atoms with van der Waals surface area (Å²) in [6.45, 7) is 0.223. The van der Waals surface area contributed by atoms with Crippen molar-refractivity contribution in [1.29, 1.82) is 5.26 Å². The van der Waals surface area contributed by atoms with E-state index < -0.39 is 0 Å². The zero-order valence-electron chi connectivity index (χ0n) is 8.25. The lowest BCUT2D eigenvalue weighted by molar-refractivity contribution is 0.301. The Hall–Kier alpha value is -2.13. The highest BCUT2D eigenvalue weighted by atomic mass is 32.1. The number of nitrogens with zero attached hydrogens (tertiary/aromatic N) is 3. The fourth-order valence-electron chi connectivity index (χ4n) is 1.15. The number of ether oxygens (including phenoxy) is 1. The first-order valence-electron chi connectivity index (χ1n) is 4.50. The Labute approximate surface area is 96.3 Å². The summed E-state index contributed by atoms with van der Waals surface area (Å²) in [5.74, 6) is 0.525. The van der Waals surface area contributed by atoms with Crippen LogP contribution in [0.5, 0.6) is 5.75 Å². The molecule has 0 atom stereocenters. The van der Waals surface area contributed by atoms with Gasteiger partial charge >= 0.3 is 0 Å². The highest BCUT2D eigenvalue weighted by Gasteiger charge is 2.07. The number of aromatic nitrogens is 2. The molecule has 6 heteroatoms. The summed E-state index contributed by atoms with van der Waals surface area (Å²) in [7, 11) is 0. The van der Waals surface area contributed by atoms with Gasteiger partial charge in [-0.25, -0.2) is 0 Å². The Morgan fingerprint density at radius 1 is 1.44 bits per heavy atom. The van der Waals surface area contributed by atoms with Gasteiger partial charge in [0.1, 0.15) is 29.1 Å². The Balaban J connectivity index is 2.11. The van der Waals surface area contributed by atoms with E-state index in [2.05, 4.69) is 15.7 Å². The second-order valence-corrected chi connectivity index (χ2v) is 3.77. The van der Waals surface area contributed by atoms with Gasteiger partial charge in [-0.2, -0.15) is 5.26 Å². The molecule has 0 aliphatic rings. The first-order chi connectivity index (χ1) is 7.81. The topological polar surface area (TPSA) is 84.8 Å². The number of benzene rings is 1. The Morgan fingerprint density at radius 2 is 2.25 bits per heavy atom. The maximum atomic E-state index is 8.85. The number of rotatable bonds is 3. The predicted molar refractivity (Wildman–Crippen MR) is 59.8 cm³/mol. The molecule has 2 rings (SSSR count). The summed E-state index contributed by atoms with van der Waals surface area (Å²) in [5, 5.41) is 13.2. The molecule has 0 unspecified atom stereocenters. The van der Waals surface area contributed by atoms with Crippen LogP contribution in [0, 0.1) is 11.3 Å². The highest BCUT2D eigenvalue weighted by Crippen LogP contribution is 2.20. The zero-order chi connectivity index (χ0) is 11.4. The molecular formula is C10H8N4OS. The lowest BCUT2D eigenvalue weighted by Gasteiger charge is -2.05. The van der Waals surface area contributed by atoms with Gasteiger partial charge in [0, 0.05) is 11.5 Å². The summed E-state index contributed by atoms with van der Waals surface area (Å²) in [6.07, 6.45) is 0. The molecule has 0 saturated carbocycles. The average Bonchev–Trinajstić information content (AvgIpc) is 2.72. The molecule has 0 aliphatic carbocycles. The van der Waals surface area contributed by atoms with Gasteiger partial charge in [0.2, 0.25) is 0 Å². The molecule has 0 saturated heterocycles. The second-order valence-electron chi connectivity index (χ2n) is 2.98. The van der Waals surface area contributed by atoms with E-state index in [4.69, 9.17) is 15.7 Å². The van der Waals surface area contributed by atoms with Crippen LogP contribution in [0.15, 0.2) is 24.3 Å². The summed E-state index contributed by atoms with van der Waals surface area (Å²) >= 11 is 1.12. The number of hydrogen-bond acceptors (Lipinski definition) is 6. The minimum absolute atomic E-state index is 0.223. The molecule has 1 heterocycles. The Morgan fingerprint density at radius 3 is 2.94 bits per heavy atom. The van der Waals surface area contributed by atoms with Crippen LogP contribution in [-0.2, 0) is 6.61 Å². The van der Waals surface area contributed by atoms with Gasteiger partial charge in [-0.15, -0.1) is 5.10 Å². The summed E-state index contributed by atoms with van der Waals surface area (Å²) in [5.41, 5.74) is 6.71. The van der Waals surface area contributed by atoms with E-state index in [9.17, 15) is 0 Å². The maximum Gasteiger partial charge on any atom is 0.137 e. The van der Waals surface area contributed by atoms with E-state index in [0.29, 0.717) is 22.0 Å². The lowest BCUT2D eigenvalue weighted by Crippen LogP contribution is -2.00. The van der Waals surface area contributed by atoms with Crippen LogP contribution in [0.1, 0.15) is 11.3 Å². The van der Waals surface area contributed by atoms with Crippen LogP contribution in [0.2, 0.25) is 0 Å². The average molecular weight is 232 g/mol. The van der Waals surface area contributed by atoms with Crippen molar-refractivity contribution in [1.82, 2.24) is 9.59 Å². The predicted octanol–water partition coefficient (Wildman–Crippen LogP) is 1.57. The molecule has 1 aromatic carbocycles. The van der Waals surface area contributed by atoms with E-state index >= 15 is 0 Å². The highest BCUT2D eigenvalue weighted by molar-refractivity contribution is 7.09. The number of nitriles is 1. The first-order valence-corrected chi connectivity index (χ1v) is 5.27. The fourth-order valence-corrected chi connectivity index (χ4v) is 1.58. The van der Waals surface area contributed by atoms with Crippen LogP contribution < -0.4 is 10.5 Å². The van der Waals surface area contributed by atoms with Crippen LogP contribution in [0.25, 0.3) is 0 Å². The Kier molecular flexibility index (Phi) is 2.98. The third-order valence-corrected chi connectivity index (χ3v) is 2.55. The van der Waals surface area contributed by atoms with Crippen molar-refractivity contribution in [3.8, 4) is 11.8 Å². The largest absolute Gasteiger partial charge is 0.486 e. The molecule has 2 aromatic rings. The van der Waals surface area contributed by atoms with Gasteiger partial charge in [-0.1, -0.05) is 16.6 Å². The van der Waals surface area contributed by atoms with Crippen LogP contribution in [-0.4, -0.2) is 9.59 Å². The number of nitrogen functional groups attached to an aromatic ring is 1. The van der Waals surface area contributed by atoms with Gasteiger partial charge in [0.05, 0.1) is 5.56 Å². The Bertz CT molecular complexity index is 532. The van der Waals surface area contributed by atoms with Crippen molar-refractivity contribution >= 4 is 16.5 Å². The summed E-state index contributed by atoms with van der Waals surface area (Å²) in [6, 6.07) is 9.06. The third-order valence-electron chi connectivity index (χ3n) is 1.96. The van der Waals surface area contributed by atoms with Crippen LogP contribution in [0.3, 0.4) is 0 Å². The molecule has 0 spiro atoms. The summed E-state index contributed by atoms with van der Waals surface area (Å²) in [4.78, 5) is 0. The van der Waals surface area contributed by atoms with Gasteiger partial charge in [0.25, 0.3) is 0 Å². The molecule has 0 fully saturated rings. The van der Waals surface area contributed by atoms with Crippen LogP contribution >= 0.6 is 11.5 Å². The molecule has 5 nitrogen and oxygen atoms in total. The van der Waals surface area contributed by atoms with Gasteiger partial charge in [-0.05, 0) is 12.1 Å².